The van der Waals surface area contributed by atoms with Crippen molar-refractivity contribution in [3.8, 4) is 11.3 Å². The van der Waals surface area contributed by atoms with Crippen molar-refractivity contribution >= 4 is 21.9 Å². The second-order valence-corrected chi connectivity index (χ2v) is 4.44. The summed E-state index contributed by atoms with van der Waals surface area (Å²) in [6, 6.07) is 11.4. The maximum Gasteiger partial charge on any atom is 0.307 e. The van der Waals surface area contributed by atoms with Gasteiger partial charge in [-0.2, -0.15) is 0 Å². The van der Waals surface area contributed by atoms with Gasteiger partial charge in [0.15, 0.2) is 5.76 Å². The predicted octanol–water partition coefficient (Wildman–Crippen LogP) is 3.17. The second kappa shape index (κ2) is 6.35. The fourth-order valence-electron chi connectivity index (χ4n) is 1.42. The smallest absolute Gasteiger partial charge is 0.307 e. The van der Waals surface area contributed by atoms with E-state index in [0.29, 0.717) is 23.2 Å². The Hall–Kier alpha value is -1.62. The van der Waals surface area contributed by atoms with E-state index in [1.807, 2.05) is 30.3 Å². The summed E-state index contributed by atoms with van der Waals surface area (Å²) in [5.74, 6) is 0.415. The third-order valence-corrected chi connectivity index (χ3v) is 2.69. The summed E-state index contributed by atoms with van der Waals surface area (Å²) in [6.45, 7) is 0.141. The van der Waals surface area contributed by atoms with Crippen molar-refractivity contribution in [2.24, 2.45) is 0 Å². The SMILES string of the molecule is O=C(CCBr)OCc1cc(-c2ccccc2)on1. The summed E-state index contributed by atoms with van der Waals surface area (Å²) in [5, 5.41) is 4.46. The fraction of sp³-hybridized carbons (Fsp3) is 0.231. The molecule has 2 aromatic rings. The Labute approximate surface area is 113 Å². The van der Waals surface area contributed by atoms with Crippen molar-refractivity contribution in [1.29, 1.82) is 0 Å². The summed E-state index contributed by atoms with van der Waals surface area (Å²) in [5.41, 5.74) is 1.56. The average Bonchev–Trinajstić information content (AvgIpc) is 2.87. The van der Waals surface area contributed by atoms with Crippen LogP contribution in [0.4, 0.5) is 0 Å². The Morgan fingerprint density at radius 3 is 2.83 bits per heavy atom. The molecule has 5 heteroatoms. The van der Waals surface area contributed by atoms with E-state index < -0.39 is 0 Å². The molecule has 0 bridgehead atoms. The average molecular weight is 310 g/mol. The Morgan fingerprint density at radius 1 is 1.33 bits per heavy atom. The number of benzene rings is 1. The zero-order chi connectivity index (χ0) is 12.8. The van der Waals surface area contributed by atoms with Crippen molar-refractivity contribution in [2.45, 2.75) is 13.0 Å². The molecule has 1 aromatic heterocycles. The van der Waals surface area contributed by atoms with E-state index in [1.165, 1.54) is 0 Å². The highest BCUT2D eigenvalue weighted by molar-refractivity contribution is 9.09. The molecule has 0 unspecified atom stereocenters. The number of nitrogens with zero attached hydrogens (tertiary/aromatic N) is 1. The lowest BCUT2D eigenvalue weighted by atomic mass is 10.2. The van der Waals surface area contributed by atoms with Crippen LogP contribution in [0.15, 0.2) is 40.9 Å². The van der Waals surface area contributed by atoms with Gasteiger partial charge in [0.2, 0.25) is 0 Å². The maximum absolute atomic E-state index is 11.2. The van der Waals surface area contributed by atoms with Crippen LogP contribution >= 0.6 is 15.9 Å². The van der Waals surface area contributed by atoms with Gasteiger partial charge in [0.1, 0.15) is 12.3 Å². The molecule has 2 rings (SSSR count). The molecular formula is C13H12BrNO3. The van der Waals surface area contributed by atoms with Crippen LogP contribution in [0.25, 0.3) is 11.3 Å². The topological polar surface area (TPSA) is 52.3 Å². The minimum absolute atomic E-state index is 0.141. The highest BCUT2D eigenvalue weighted by Gasteiger charge is 2.08. The van der Waals surface area contributed by atoms with Gasteiger partial charge in [-0.25, -0.2) is 0 Å². The van der Waals surface area contributed by atoms with Crippen molar-refractivity contribution in [3.05, 3.63) is 42.1 Å². The number of carbonyl (C=O) groups is 1. The summed E-state index contributed by atoms with van der Waals surface area (Å²) in [6.07, 6.45) is 0.351. The van der Waals surface area contributed by atoms with E-state index in [2.05, 4.69) is 21.1 Å². The monoisotopic (exact) mass is 309 g/mol. The highest BCUT2D eigenvalue weighted by Crippen LogP contribution is 2.19. The van der Waals surface area contributed by atoms with E-state index in [4.69, 9.17) is 9.26 Å². The summed E-state index contributed by atoms with van der Waals surface area (Å²) >= 11 is 3.18. The number of rotatable bonds is 5. The maximum atomic E-state index is 11.2. The lowest BCUT2D eigenvalue weighted by Crippen LogP contribution is -2.04. The third-order valence-electron chi connectivity index (χ3n) is 2.30. The van der Waals surface area contributed by atoms with Gasteiger partial charge in [-0.3, -0.25) is 4.79 Å². The van der Waals surface area contributed by atoms with Crippen LogP contribution in [-0.4, -0.2) is 16.5 Å². The summed E-state index contributed by atoms with van der Waals surface area (Å²) < 4.78 is 10.2. The highest BCUT2D eigenvalue weighted by atomic mass is 79.9. The van der Waals surface area contributed by atoms with Gasteiger partial charge in [-0.1, -0.05) is 51.4 Å². The molecule has 0 aliphatic rings. The van der Waals surface area contributed by atoms with E-state index in [-0.39, 0.29) is 12.6 Å². The van der Waals surface area contributed by atoms with E-state index in [1.54, 1.807) is 6.07 Å². The summed E-state index contributed by atoms with van der Waals surface area (Å²) in [4.78, 5) is 11.2. The minimum Gasteiger partial charge on any atom is -0.459 e. The molecule has 0 radical (unpaired) electrons. The number of hydrogen-bond acceptors (Lipinski definition) is 4. The normalized spacial score (nSPS) is 10.3. The second-order valence-electron chi connectivity index (χ2n) is 3.65. The van der Waals surface area contributed by atoms with Crippen LogP contribution in [0.3, 0.4) is 0 Å². The number of hydrogen-bond donors (Lipinski definition) is 0. The Balaban J connectivity index is 1.97. The number of ether oxygens (including phenoxy) is 1. The molecule has 0 amide bonds. The molecule has 18 heavy (non-hydrogen) atoms. The number of aromatic nitrogens is 1. The molecular weight excluding hydrogens is 298 g/mol. The van der Waals surface area contributed by atoms with Gasteiger partial charge in [0, 0.05) is 17.0 Å². The molecule has 0 aliphatic carbocycles. The molecule has 0 saturated carbocycles. The number of halogens is 1. The van der Waals surface area contributed by atoms with Crippen molar-refractivity contribution in [2.75, 3.05) is 5.33 Å². The Bertz CT molecular complexity index is 510. The van der Waals surface area contributed by atoms with Gasteiger partial charge in [-0.15, -0.1) is 0 Å². The molecule has 0 atom stereocenters. The van der Waals surface area contributed by atoms with E-state index >= 15 is 0 Å². The van der Waals surface area contributed by atoms with Gasteiger partial charge in [-0.05, 0) is 0 Å². The number of esters is 1. The first kappa shape index (κ1) is 12.8. The van der Waals surface area contributed by atoms with Crippen molar-refractivity contribution in [1.82, 2.24) is 5.16 Å². The van der Waals surface area contributed by atoms with Crippen LogP contribution in [0, 0.1) is 0 Å². The minimum atomic E-state index is -0.254. The lowest BCUT2D eigenvalue weighted by Gasteiger charge is -1.99. The molecule has 1 aromatic carbocycles. The van der Waals surface area contributed by atoms with Gasteiger partial charge < -0.3 is 9.26 Å². The van der Waals surface area contributed by atoms with Crippen molar-refractivity contribution < 1.29 is 14.1 Å². The molecule has 0 N–H and O–H groups in total. The van der Waals surface area contributed by atoms with Crippen molar-refractivity contribution in [3.63, 3.8) is 0 Å². The lowest BCUT2D eigenvalue weighted by molar-refractivity contribution is -0.144. The standard InChI is InChI=1S/C13H12BrNO3/c14-7-6-13(16)17-9-11-8-12(18-15-11)10-4-2-1-3-5-10/h1-5,8H,6-7,9H2. The quantitative estimate of drug-likeness (QED) is 0.629. The van der Waals surface area contributed by atoms with Gasteiger partial charge >= 0.3 is 5.97 Å². The molecule has 4 nitrogen and oxygen atoms in total. The molecule has 0 saturated heterocycles. The first-order valence-electron chi connectivity index (χ1n) is 5.52. The van der Waals surface area contributed by atoms with Gasteiger partial charge in [0.05, 0.1) is 6.42 Å². The first-order valence-corrected chi connectivity index (χ1v) is 6.64. The fourth-order valence-corrected chi connectivity index (χ4v) is 1.75. The number of alkyl halides is 1. The van der Waals surface area contributed by atoms with Gasteiger partial charge in [0.25, 0.3) is 0 Å². The van der Waals surface area contributed by atoms with Crippen LogP contribution in [0.5, 0.6) is 0 Å². The third kappa shape index (κ3) is 3.43. The van der Waals surface area contributed by atoms with Crippen LogP contribution in [0.1, 0.15) is 12.1 Å². The molecule has 94 valence electrons. The molecule has 0 aliphatic heterocycles. The zero-order valence-electron chi connectivity index (χ0n) is 9.64. The van der Waals surface area contributed by atoms with E-state index in [0.717, 1.165) is 5.56 Å². The molecule has 1 heterocycles. The van der Waals surface area contributed by atoms with Crippen LogP contribution in [0.2, 0.25) is 0 Å². The van der Waals surface area contributed by atoms with Crippen LogP contribution < -0.4 is 0 Å². The zero-order valence-corrected chi connectivity index (χ0v) is 11.2. The summed E-state index contributed by atoms with van der Waals surface area (Å²) in [7, 11) is 0. The van der Waals surface area contributed by atoms with E-state index in [9.17, 15) is 4.79 Å². The predicted molar refractivity (Wildman–Crippen MR) is 70.1 cm³/mol. The van der Waals surface area contributed by atoms with Crippen LogP contribution in [-0.2, 0) is 16.1 Å². The first-order chi connectivity index (χ1) is 8.79. The molecule has 0 spiro atoms. The molecule has 0 fully saturated rings. The number of carbonyl (C=O) groups excluding carboxylic acids is 1. The largest absolute Gasteiger partial charge is 0.459 e. The Morgan fingerprint density at radius 2 is 2.11 bits per heavy atom. The Kier molecular flexibility index (Phi) is 4.52.